The van der Waals surface area contributed by atoms with E-state index in [1.165, 1.54) is 276 Å². The molecule has 0 heterocycles. The van der Waals surface area contributed by atoms with Crippen molar-refractivity contribution in [3.05, 3.63) is 0 Å². The minimum Gasteiger partial charge on any atom is -0.462 e. The second-order valence-electron chi connectivity index (χ2n) is 34.1. The van der Waals surface area contributed by atoms with Gasteiger partial charge in [-0.25, -0.2) is 9.13 Å². The summed E-state index contributed by atoms with van der Waals surface area (Å²) >= 11 is 0. The zero-order valence-electron chi connectivity index (χ0n) is 72.9. The molecule has 3 N–H and O–H groups in total. The first-order chi connectivity index (χ1) is 53.2. The Bertz CT molecular complexity index is 2130. The highest BCUT2D eigenvalue weighted by molar-refractivity contribution is 7.47. The molecule has 0 saturated carbocycles. The van der Waals surface area contributed by atoms with Gasteiger partial charge >= 0.3 is 39.5 Å². The number of rotatable bonds is 88. The number of aliphatic hydroxyl groups is 1. The van der Waals surface area contributed by atoms with Gasteiger partial charge in [0, 0.05) is 25.7 Å². The Morgan fingerprint density at radius 1 is 0.255 bits per heavy atom. The van der Waals surface area contributed by atoms with Crippen LogP contribution in [0.4, 0.5) is 0 Å². The molecule has 17 nitrogen and oxygen atoms in total. The van der Waals surface area contributed by atoms with E-state index in [1.54, 1.807) is 0 Å². The summed E-state index contributed by atoms with van der Waals surface area (Å²) in [7, 11) is -9.94. The Hall–Kier alpha value is -1.94. The van der Waals surface area contributed by atoms with E-state index in [0.29, 0.717) is 31.6 Å². The van der Waals surface area contributed by atoms with E-state index in [-0.39, 0.29) is 25.7 Å². The Morgan fingerprint density at radius 3 is 0.645 bits per heavy atom. The predicted octanol–water partition coefficient (Wildman–Crippen LogP) is 27.9. The van der Waals surface area contributed by atoms with Gasteiger partial charge in [-0.05, 0) is 49.4 Å². The van der Waals surface area contributed by atoms with Crippen LogP contribution in [0, 0.1) is 23.7 Å². The number of hydrogen-bond acceptors (Lipinski definition) is 15. The Balaban J connectivity index is 5.18. The van der Waals surface area contributed by atoms with Gasteiger partial charge in [-0.1, -0.05) is 428 Å². The summed E-state index contributed by atoms with van der Waals surface area (Å²) in [4.78, 5) is 73.4. The van der Waals surface area contributed by atoms with Crippen LogP contribution >= 0.6 is 15.6 Å². The zero-order valence-corrected chi connectivity index (χ0v) is 74.7. The molecule has 0 aliphatic heterocycles. The third kappa shape index (κ3) is 81.2. The molecule has 0 rings (SSSR count). The van der Waals surface area contributed by atoms with Gasteiger partial charge < -0.3 is 33.8 Å². The van der Waals surface area contributed by atoms with Gasteiger partial charge in [0.15, 0.2) is 12.2 Å². The van der Waals surface area contributed by atoms with Crippen LogP contribution in [-0.4, -0.2) is 96.7 Å². The van der Waals surface area contributed by atoms with Crippen LogP contribution in [-0.2, 0) is 65.4 Å². The molecule has 0 aromatic rings. The average molecular weight is 1610 g/mol. The number of phosphoric ester groups is 2. The molecule has 0 amide bonds. The van der Waals surface area contributed by atoms with Crippen molar-refractivity contribution < 1.29 is 80.2 Å². The van der Waals surface area contributed by atoms with Gasteiger partial charge in [0.25, 0.3) is 0 Å². The number of aliphatic hydroxyl groups excluding tert-OH is 1. The molecule has 110 heavy (non-hydrogen) atoms. The summed E-state index contributed by atoms with van der Waals surface area (Å²) in [6.45, 7) is 14.4. The fourth-order valence-electron chi connectivity index (χ4n) is 14.1. The number of phosphoric acid groups is 2. The summed E-state index contributed by atoms with van der Waals surface area (Å²) in [5, 5.41) is 10.7. The lowest BCUT2D eigenvalue weighted by atomic mass is 9.99. The molecule has 5 unspecified atom stereocenters. The minimum atomic E-state index is -4.97. The van der Waals surface area contributed by atoms with Gasteiger partial charge in [0.2, 0.25) is 0 Å². The molecule has 0 radical (unpaired) electrons. The quantitative estimate of drug-likeness (QED) is 0.0222. The maximum atomic E-state index is 13.2. The second-order valence-corrected chi connectivity index (χ2v) is 37.0. The first-order valence-electron chi connectivity index (χ1n) is 46.8. The SMILES string of the molecule is CCC(C)CCCCCCCCCCCCCCCCCCCCC(=O)OC[C@H](COP(=O)(O)OCC(O)COP(=O)(O)OC[C@@H](COC(=O)CCCCCCCCCC(C)C)OC(=O)CCCCCCCCCCCCCCCCCCCCC(C)CC)OC(=O)CCCCCCCCCCCCCCCC(C)C. The number of hydrogen-bond donors (Lipinski definition) is 3. The minimum absolute atomic E-state index is 0.107. The van der Waals surface area contributed by atoms with E-state index in [1.807, 2.05) is 0 Å². The first kappa shape index (κ1) is 108. The molecular formula is C91H178O17P2. The van der Waals surface area contributed by atoms with Gasteiger partial charge in [-0.15, -0.1) is 0 Å². The highest BCUT2D eigenvalue weighted by Crippen LogP contribution is 2.45. The molecule has 7 atom stereocenters. The molecule has 0 saturated heterocycles. The summed E-state index contributed by atoms with van der Waals surface area (Å²) in [5.41, 5.74) is 0. The van der Waals surface area contributed by atoms with Crippen LogP contribution in [0.15, 0.2) is 0 Å². The van der Waals surface area contributed by atoms with Crippen molar-refractivity contribution >= 4 is 39.5 Å². The predicted molar refractivity (Wildman–Crippen MR) is 455 cm³/mol. The molecular weight excluding hydrogens is 1430 g/mol. The number of esters is 4. The van der Waals surface area contributed by atoms with Crippen LogP contribution in [0.1, 0.15) is 479 Å². The van der Waals surface area contributed by atoms with E-state index >= 15 is 0 Å². The molecule has 19 heteroatoms. The summed E-state index contributed by atoms with van der Waals surface area (Å²) in [6.07, 6.45) is 71.0. The van der Waals surface area contributed by atoms with Crippen molar-refractivity contribution in [1.29, 1.82) is 0 Å². The maximum Gasteiger partial charge on any atom is 0.472 e. The molecule has 0 aromatic heterocycles. The fraction of sp³-hybridized carbons (Fsp3) is 0.956. The van der Waals surface area contributed by atoms with Crippen LogP contribution in [0.2, 0.25) is 0 Å². The van der Waals surface area contributed by atoms with Crippen molar-refractivity contribution in [1.82, 2.24) is 0 Å². The number of carbonyl (C=O) groups is 4. The van der Waals surface area contributed by atoms with Crippen LogP contribution in [0.25, 0.3) is 0 Å². The normalized spacial score (nSPS) is 14.3. The van der Waals surface area contributed by atoms with Crippen LogP contribution in [0.5, 0.6) is 0 Å². The van der Waals surface area contributed by atoms with E-state index in [4.69, 9.17) is 37.0 Å². The summed E-state index contributed by atoms with van der Waals surface area (Å²) < 4.78 is 69.0. The number of unbranched alkanes of at least 4 members (excludes halogenated alkanes) is 52. The molecule has 0 fully saturated rings. The monoisotopic (exact) mass is 1610 g/mol. The second kappa shape index (κ2) is 79.5. The lowest BCUT2D eigenvalue weighted by Gasteiger charge is -2.21. The van der Waals surface area contributed by atoms with Crippen LogP contribution < -0.4 is 0 Å². The lowest BCUT2D eigenvalue weighted by molar-refractivity contribution is -0.161. The molecule has 654 valence electrons. The lowest BCUT2D eigenvalue weighted by Crippen LogP contribution is -2.30. The Labute approximate surface area is 677 Å². The largest absolute Gasteiger partial charge is 0.472 e. The maximum absolute atomic E-state index is 13.2. The molecule has 0 bridgehead atoms. The van der Waals surface area contributed by atoms with Crippen LogP contribution in [0.3, 0.4) is 0 Å². The van der Waals surface area contributed by atoms with Crippen molar-refractivity contribution in [2.75, 3.05) is 39.6 Å². The van der Waals surface area contributed by atoms with E-state index in [2.05, 4.69) is 55.4 Å². The Morgan fingerprint density at radius 2 is 0.436 bits per heavy atom. The van der Waals surface area contributed by atoms with Crippen molar-refractivity contribution in [3.63, 3.8) is 0 Å². The van der Waals surface area contributed by atoms with Gasteiger partial charge in [-0.3, -0.25) is 37.3 Å². The highest BCUT2D eigenvalue weighted by Gasteiger charge is 2.31. The van der Waals surface area contributed by atoms with E-state index < -0.39 is 97.5 Å². The van der Waals surface area contributed by atoms with E-state index in [9.17, 15) is 43.2 Å². The number of ether oxygens (including phenoxy) is 4. The molecule has 0 aliphatic carbocycles. The average Bonchev–Trinajstić information content (AvgIpc) is 0.899. The van der Waals surface area contributed by atoms with Crippen molar-refractivity contribution in [2.24, 2.45) is 23.7 Å². The van der Waals surface area contributed by atoms with E-state index in [0.717, 1.165) is 114 Å². The molecule has 0 spiro atoms. The summed E-state index contributed by atoms with van der Waals surface area (Å²) in [5.74, 6) is 1.13. The third-order valence-electron chi connectivity index (χ3n) is 22.0. The van der Waals surface area contributed by atoms with Gasteiger partial charge in [-0.2, -0.15) is 0 Å². The van der Waals surface area contributed by atoms with Crippen molar-refractivity contribution in [2.45, 2.75) is 497 Å². The smallest absolute Gasteiger partial charge is 0.462 e. The molecule has 0 aliphatic rings. The summed E-state index contributed by atoms with van der Waals surface area (Å²) in [6, 6.07) is 0. The zero-order chi connectivity index (χ0) is 80.9. The fourth-order valence-corrected chi connectivity index (χ4v) is 15.7. The standard InChI is InChI=1S/C91H178O17P2/c1-9-83(7)69-61-53-45-37-31-25-19-15-11-13-17-21-27-33-39-47-55-63-71-88(93)101-77-86(107-90(95)74-66-58-49-41-35-29-23-24-30-36-43-51-59-67-81(3)4)79-105-109(97,98)103-75-85(92)76-104-110(99,100)106-80-87(78-102-89(94)72-64-56-50-42-44-52-60-68-82(5)6)108-91(96)73-65-57-48-40-34-28-22-18-14-12-16-20-26-32-38-46-54-62-70-84(8)10-2/h81-87,92H,9-80H2,1-8H3,(H,97,98)(H,99,100)/t83?,84?,85?,86-,87-/m1/s1. The topological polar surface area (TPSA) is 237 Å². The number of carbonyl (C=O) groups excluding carboxylic acids is 4. The molecule has 0 aromatic carbocycles. The van der Waals surface area contributed by atoms with Gasteiger partial charge in [0.1, 0.15) is 19.3 Å². The Kier molecular flexibility index (Phi) is 78.1. The highest BCUT2D eigenvalue weighted by atomic mass is 31.2. The van der Waals surface area contributed by atoms with Gasteiger partial charge in [0.05, 0.1) is 26.4 Å². The third-order valence-corrected chi connectivity index (χ3v) is 23.9. The first-order valence-corrected chi connectivity index (χ1v) is 49.8. The van der Waals surface area contributed by atoms with Crippen molar-refractivity contribution in [3.8, 4) is 0 Å².